The number of H-pyrrole nitrogens is 1. The van der Waals surface area contributed by atoms with Crippen LogP contribution in [0.15, 0.2) is 57.7 Å². The molecule has 4 aromatic rings. The van der Waals surface area contributed by atoms with Gasteiger partial charge in [-0.2, -0.15) is 10.1 Å². The Labute approximate surface area is 166 Å². The van der Waals surface area contributed by atoms with Gasteiger partial charge in [0.15, 0.2) is 11.6 Å². The van der Waals surface area contributed by atoms with E-state index in [1.54, 1.807) is 18.4 Å². The molecule has 1 amide bonds. The standard InChI is InChI=1S/C21H19N5O3/c1-13-5-2-3-6-14(13)11-26-12-15(9-19(26)27)20-22-21(29-25-20)17-10-16(23-24-17)18-7-4-8-28-18/h2-8,10,15H,9,11-12H2,1H3,(H,23,24). The lowest BCUT2D eigenvalue weighted by molar-refractivity contribution is -0.128. The van der Waals surface area contributed by atoms with Crippen molar-refractivity contribution < 1.29 is 13.7 Å². The zero-order chi connectivity index (χ0) is 19.8. The van der Waals surface area contributed by atoms with Gasteiger partial charge >= 0.3 is 0 Å². The topological polar surface area (TPSA) is 101 Å². The maximum Gasteiger partial charge on any atom is 0.275 e. The van der Waals surface area contributed by atoms with E-state index in [-0.39, 0.29) is 11.8 Å². The van der Waals surface area contributed by atoms with Gasteiger partial charge in [-0.15, -0.1) is 0 Å². The Hall–Kier alpha value is -3.68. The molecular weight excluding hydrogens is 370 g/mol. The van der Waals surface area contributed by atoms with Crippen LogP contribution in [-0.4, -0.2) is 37.7 Å². The number of likely N-dealkylation sites (tertiary alicyclic amines) is 1. The van der Waals surface area contributed by atoms with Gasteiger partial charge < -0.3 is 13.8 Å². The predicted molar refractivity (Wildman–Crippen MR) is 104 cm³/mol. The number of amides is 1. The summed E-state index contributed by atoms with van der Waals surface area (Å²) < 4.78 is 10.8. The molecule has 29 heavy (non-hydrogen) atoms. The van der Waals surface area contributed by atoms with Crippen LogP contribution >= 0.6 is 0 Å². The van der Waals surface area contributed by atoms with Crippen LogP contribution in [0.5, 0.6) is 0 Å². The lowest BCUT2D eigenvalue weighted by atomic mass is 10.1. The molecule has 1 aliphatic rings. The Bertz CT molecular complexity index is 1140. The number of nitrogens with one attached hydrogen (secondary N) is 1. The van der Waals surface area contributed by atoms with Crippen molar-refractivity contribution >= 4 is 5.91 Å². The van der Waals surface area contributed by atoms with Gasteiger partial charge in [0.05, 0.1) is 6.26 Å². The molecule has 1 aromatic carbocycles. The third kappa shape index (κ3) is 3.33. The summed E-state index contributed by atoms with van der Waals surface area (Å²) >= 11 is 0. The molecule has 3 aromatic heterocycles. The fourth-order valence-electron chi connectivity index (χ4n) is 3.58. The van der Waals surface area contributed by atoms with Crippen molar-refractivity contribution in [3.05, 3.63) is 65.7 Å². The lowest BCUT2D eigenvalue weighted by Crippen LogP contribution is -2.24. The van der Waals surface area contributed by atoms with Crippen LogP contribution in [0.1, 0.15) is 29.3 Å². The van der Waals surface area contributed by atoms with Gasteiger partial charge in [0, 0.05) is 31.5 Å². The minimum absolute atomic E-state index is 0.0866. The summed E-state index contributed by atoms with van der Waals surface area (Å²) in [5.41, 5.74) is 3.59. The average Bonchev–Trinajstić information content (AvgIpc) is 3.51. The van der Waals surface area contributed by atoms with Crippen molar-refractivity contribution in [3.8, 4) is 23.0 Å². The number of carbonyl (C=O) groups is 1. The summed E-state index contributed by atoms with van der Waals surface area (Å²) in [5, 5.41) is 11.2. The Balaban J connectivity index is 1.31. The lowest BCUT2D eigenvalue weighted by Gasteiger charge is -2.17. The number of aromatic amines is 1. The van der Waals surface area contributed by atoms with Crippen LogP contribution < -0.4 is 0 Å². The van der Waals surface area contributed by atoms with E-state index in [2.05, 4.69) is 39.4 Å². The molecule has 146 valence electrons. The van der Waals surface area contributed by atoms with Crippen molar-refractivity contribution in [2.24, 2.45) is 0 Å². The number of aromatic nitrogens is 4. The first-order valence-electron chi connectivity index (χ1n) is 9.43. The van der Waals surface area contributed by atoms with Crippen LogP contribution in [0.2, 0.25) is 0 Å². The predicted octanol–water partition coefficient (Wildman–Crippen LogP) is 3.54. The summed E-state index contributed by atoms with van der Waals surface area (Å²) in [4.78, 5) is 18.8. The van der Waals surface area contributed by atoms with Crippen LogP contribution in [0.4, 0.5) is 0 Å². The fraction of sp³-hybridized carbons (Fsp3) is 0.238. The summed E-state index contributed by atoms with van der Waals surface area (Å²) in [5.74, 6) is 1.55. The van der Waals surface area contributed by atoms with E-state index >= 15 is 0 Å². The molecule has 0 radical (unpaired) electrons. The molecule has 0 saturated carbocycles. The molecule has 0 aliphatic carbocycles. The summed E-state index contributed by atoms with van der Waals surface area (Å²) in [7, 11) is 0. The van der Waals surface area contributed by atoms with E-state index in [4.69, 9.17) is 8.94 Å². The molecule has 1 aliphatic heterocycles. The fourth-order valence-corrected chi connectivity index (χ4v) is 3.58. The number of furan rings is 1. The van der Waals surface area contributed by atoms with Gasteiger partial charge in [-0.25, -0.2) is 0 Å². The van der Waals surface area contributed by atoms with Crippen molar-refractivity contribution in [1.29, 1.82) is 0 Å². The van der Waals surface area contributed by atoms with E-state index < -0.39 is 0 Å². The number of aryl methyl sites for hydroxylation is 1. The van der Waals surface area contributed by atoms with Crippen molar-refractivity contribution in [3.63, 3.8) is 0 Å². The van der Waals surface area contributed by atoms with Gasteiger partial charge in [-0.3, -0.25) is 9.89 Å². The largest absolute Gasteiger partial charge is 0.463 e. The second kappa shape index (κ2) is 7.05. The molecule has 1 unspecified atom stereocenters. The number of rotatable bonds is 5. The smallest absolute Gasteiger partial charge is 0.275 e. The maximum absolute atomic E-state index is 12.5. The van der Waals surface area contributed by atoms with E-state index in [9.17, 15) is 4.79 Å². The van der Waals surface area contributed by atoms with E-state index in [0.717, 1.165) is 5.56 Å². The normalized spacial score (nSPS) is 16.7. The van der Waals surface area contributed by atoms with Crippen LogP contribution in [0, 0.1) is 6.92 Å². The minimum Gasteiger partial charge on any atom is -0.463 e. The van der Waals surface area contributed by atoms with Crippen LogP contribution in [0.25, 0.3) is 23.0 Å². The first kappa shape index (κ1) is 17.4. The van der Waals surface area contributed by atoms with Crippen molar-refractivity contribution in [2.45, 2.75) is 25.8 Å². The van der Waals surface area contributed by atoms with Crippen LogP contribution in [-0.2, 0) is 11.3 Å². The second-order valence-corrected chi connectivity index (χ2v) is 7.20. The average molecular weight is 389 g/mol. The second-order valence-electron chi connectivity index (χ2n) is 7.20. The van der Waals surface area contributed by atoms with Crippen molar-refractivity contribution in [1.82, 2.24) is 25.2 Å². The number of hydrogen-bond donors (Lipinski definition) is 1. The molecule has 0 spiro atoms. The molecule has 1 saturated heterocycles. The summed E-state index contributed by atoms with van der Waals surface area (Å²) in [6.45, 7) is 3.23. The highest BCUT2D eigenvalue weighted by Gasteiger charge is 2.34. The molecule has 8 nitrogen and oxygen atoms in total. The third-order valence-corrected chi connectivity index (χ3v) is 5.23. The number of nitrogens with zero attached hydrogens (tertiary/aromatic N) is 4. The van der Waals surface area contributed by atoms with E-state index in [0.29, 0.717) is 48.4 Å². The zero-order valence-corrected chi connectivity index (χ0v) is 15.8. The van der Waals surface area contributed by atoms with Gasteiger partial charge in [-0.05, 0) is 30.2 Å². The first-order valence-corrected chi connectivity index (χ1v) is 9.43. The Morgan fingerprint density at radius 3 is 2.97 bits per heavy atom. The highest BCUT2D eigenvalue weighted by atomic mass is 16.5. The molecular formula is C21H19N5O3. The highest BCUT2D eigenvalue weighted by molar-refractivity contribution is 5.79. The zero-order valence-electron chi connectivity index (χ0n) is 15.8. The Morgan fingerprint density at radius 1 is 1.24 bits per heavy atom. The summed E-state index contributed by atoms with van der Waals surface area (Å²) in [6, 6.07) is 13.5. The number of carbonyl (C=O) groups excluding carboxylic acids is 1. The van der Waals surface area contributed by atoms with Gasteiger partial charge in [0.25, 0.3) is 5.89 Å². The maximum atomic E-state index is 12.5. The van der Waals surface area contributed by atoms with E-state index in [1.807, 2.05) is 23.1 Å². The van der Waals surface area contributed by atoms with Crippen molar-refractivity contribution in [2.75, 3.05) is 6.54 Å². The SMILES string of the molecule is Cc1ccccc1CN1CC(c2noc(-c3cc(-c4ccco4)n[nH]3)n2)CC1=O. The molecule has 0 bridgehead atoms. The Kier molecular flexibility index (Phi) is 4.23. The Morgan fingerprint density at radius 2 is 2.14 bits per heavy atom. The summed E-state index contributed by atoms with van der Waals surface area (Å²) in [6.07, 6.45) is 1.97. The minimum atomic E-state index is -0.0866. The third-order valence-electron chi connectivity index (χ3n) is 5.23. The molecule has 1 fully saturated rings. The number of benzene rings is 1. The van der Waals surface area contributed by atoms with E-state index in [1.165, 1.54) is 5.56 Å². The van der Waals surface area contributed by atoms with Gasteiger partial charge in [0.2, 0.25) is 5.91 Å². The van der Waals surface area contributed by atoms with Gasteiger partial charge in [0.1, 0.15) is 11.4 Å². The first-order chi connectivity index (χ1) is 14.2. The quantitative estimate of drug-likeness (QED) is 0.560. The number of hydrogen-bond acceptors (Lipinski definition) is 6. The molecule has 8 heteroatoms. The highest BCUT2D eigenvalue weighted by Crippen LogP contribution is 2.30. The molecule has 1 atom stereocenters. The molecule has 5 rings (SSSR count). The van der Waals surface area contributed by atoms with Gasteiger partial charge in [-0.1, -0.05) is 29.4 Å². The molecule has 4 heterocycles. The van der Waals surface area contributed by atoms with Crippen LogP contribution in [0.3, 0.4) is 0 Å². The molecule has 1 N–H and O–H groups in total. The monoisotopic (exact) mass is 389 g/mol.